The molecular weight excluding hydrogens is 262 g/mol. The standard InChI is InChI=1S/C18H21NO2/c1-11(20)12-4-3-5-14-13(12)6-7-18-10-19-9-16(18)17(21-2)8-15(14)18/h8-9,19H,3-7,10H2,1-2H3. The molecule has 0 aromatic heterocycles. The first-order chi connectivity index (χ1) is 10.2. The molecule has 0 saturated carbocycles. The quantitative estimate of drug-likeness (QED) is 0.846. The highest BCUT2D eigenvalue weighted by Crippen LogP contribution is 2.58. The number of hydrogen-bond donors (Lipinski definition) is 1. The van der Waals surface area contributed by atoms with Gasteiger partial charge < -0.3 is 10.1 Å². The number of allylic oxidation sites excluding steroid dienone is 5. The van der Waals surface area contributed by atoms with Gasteiger partial charge in [0.15, 0.2) is 5.78 Å². The molecule has 0 bridgehead atoms. The van der Waals surface area contributed by atoms with Gasteiger partial charge in [0.2, 0.25) is 0 Å². The van der Waals surface area contributed by atoms with Gasteiger partial charge in [0.1, 0.15) is 5.76 Å². The van der Waals surface area contributed by atoms with Crippen molar-refractivity contribution in [3.05, 3.63) is 45.9 Å². The van der Waals surface area contributed by atoms with E-state index in [1.807, 2.05) is 0 Å². The number of ether oxygens (including phenoxy) is 1. The molecule has 1 aliphatic heterocycles. The summed E-state index contributed by atoms with van der Waals surface area (Å²) in [5, 5.41) is 3.41. The Morgan fingerprint density at radius 3 is 2.90 bits per heavy atom. The van der Waals surface area contributed by atoms with Crippen molar-refractivity contribution in [2.75, 3.05) is 13.7 Å². The third-order valence-corrected chi connectivity index (χ3v) is 5.58. The summed E-state index contributed by atoms with van der Waals surface area (Å²) in [6.07, 6.45) is 9.60. The van der Waals surface area contributed by atoms with Crippen LogP contribution in [-0.4, -0.2) is 19.4 Å². The summed E-state index contributed by atoms with van der Waals surface area (Å²) < 4.78 is 5.60. The SMILES string of the molecule is COC1=CC2=C3CCCC(C(C)=O)=C3CCC23CNC=C13. The van der Waals surface area contributed by atoms with Gasteiger partial charge in [-0.05, 0) is 67.4 Å². The minimum Gasteiger partial charge on any atom is -0.496 e. The summed E-state index contributed by atoms with van der Waals surface area (Å²) in [5.41, 5.74) is 6.67. The van der Waals surface area contributed by atoms with Crippen LogP contribution in [0.3, 0.4) is 0 Å². The molecule has 3 aliphatic carbocycles. The van der Waals surface area contributed by atoms with Gasteiger partial charge in [0.25, 0.3) is 0 Å². The summed E-state index contributed by atoms with van der Waals surface area (Å²) in [5.74, 6) is 1.26. The zero-order valence-corrected chi connectivity index (χ0v) is 12.7. The number of methoxy groups -OCH3 is 1. The molecule has 4 rings (SSSR count). The van der Waals surface area contributed by atoms with Crippen molar-refractivity contribution in [1.82, 2.24) is 5.32 Å². The van der Waals surface area contributed by atoms with Crippen LogP contribution >= 0.6 is 0 Å². The lowest BCUT2D eigenvalue weighted by atomic mass is 9.65. The van der Waals surface area contributed by atoms with E-state index in [1.165, 1.54) is 22.3 Å². The van der Waals surface area contributed by atoms with Gasteiger partial charge in [0.05, 0.1) is 7.11 Å². The van der Waals surface area contributed by atoms with Gasteiger partial charge in [-0.2, -0.15) is 0 Å². The van der Waals surface area contributed by atoms with Crippen LogP contribution in [0.4, 0.5) is 0 Å². The highest BCUT2D eigenvalue weighted by Gasteiger charge is 2.50. The van der Waals surface area contributed by atoms with Crippen molar-refractivity contribution < 1.29 is 9.53 Å². The zero-order chi connectivity index (χ0) is 14.6. The maximum Gasteiger partial charge on any atom is 0.156 e. The van der Waals surface area contributed by atoms with Gasteiger partial charge >= 0.3 is 0 Å². The van der Waals surface area contributed by atoms with E-state index in [1.54, 1.807) is 14.0 Å². The molecule has 0 radical (unpaired) electrons. The molecule has 1 atom stereocenters. The first kappa shape index (κ1) is 12.9. The van der Waals surface area contributed by atoms with E-state index in [0.717, 1.165) is 50.0 Å². The lowest BCUT2D eigenvalue weighted by molar-refractivity contribution is -0.113. The second-order valence-electron chi connectivity index (χ2n) is 6.49. The van der Waals surface area contributed by atoms with Crippen molar-refractivity contribution in [3.8, 4) is 0 Å². The average Bonchev–Trinajstić information content (AvgIpc) is 3.02. The second kappa shape index (κ2) is 4.36. The molecule has 1 N–H and O–H groups in total. The van der Waals surface area contributed by atoms with Gasteiger partial charge in [-0.3, -0.25) is 4.79 Å². The number of fused-ring (bicyclic) bond motifs is 1. The minimum absolute atomic E-state index is 0.101. The fourth-order valence-corrected chi connectivity index (χ4v) is 4.61. The van der Waals surface area contributed by atoms with E-state index < -0.39 is 0 Å². The Kier molecular flexibility index (Phi) is 2.69. The molecule has 1 heterocycles. The van der Waals surface area contributed by atoms with E-state index in [4.69, 9.17) is 4.74 Å². The topological polar surface area (TPSA) is 38.3 Å². The van der Waals surface area contributed by atoms with Crippen LogP contribution in [0.25, 0.3) is 0 Å². The normalized spacial score (nSPS) is 30.2. The Hall–Kier alpha value is -1.77. The number of nitrogens with one attached hydrogen (secondary N) is 1. The van der Waals surface area contributed by atoms with Crippen molar-refractivity contribution in [2.45, 2.75) is 39.0 Å². The molecular formula is C18H21NO2. The third kappa shape index (κ3) is 1.57. The first-order valence-corrected chi connectivity index (χ1v) is 7.84. The molecule has 4 aliphatic rings. The number of rotatable bonds is 2. The Morgan fingerprint density at radius 2 is 2.14 bits per heavy atom. The Labute approximate surface area is 125 Å². The zero-order valence-electron chi connectivity index (χ0n) is 12.7. The fraction of sp³-hybridized carbons (Fsp3) is 0.500. The van der Waals surface area contributed by atoms with Crippen LogP contribution < -0.4 is 5.32 Å². The molecule has 21 heavy (non-hydrogen) atoms. The van der Waals surface area contributed by atoms with Crippen LogP contribution in [0.15, 0.2) is 45.9 Å². The van der Waals surface area contributed by atoms with Crippen LogP contribution in [0.1, 0.15) is 39.0 Å². The van der Waals surface area contributed by atoms with Gasteiger partial charge in [0, 0.05) is 23.7 Å². The number of ketones is 1. The number of carbonyl (C=O) groups excluding carboxylic acids is 1. The maximum absolute atomic E-state index is 11.9. The number of carbonyl (C=O) groups is 1. The Morgan fingerprint density at radius 1 is 1.29 bits per heavy atom. The number of hydrogen-bond acceptors (Lipinski definition) is 3. The van der Waals surface area contributed by atoms with E-state index in [2.05, 4.69) is 17.6 Å². The largest absolute Gasteiger partial charge is 0.496 e. The van der Waals surface area contributed by atoms with Crippen LogP contribution in [-0.2, 0) is 9.53 Å². The number of Topliss-reactive ketones (excluding diaryl/α,β-unsaturated/α-hetero) is 1. The van der Waals surface area contributed by atoms with Crippen LogP contribution in [0.5, 0.6) is 0 Å². The summed E-state index contributed by atoms with van der Waals surface area (Å²) in [6, 6.07) is 0. The molecule has 0 aromatic rings. The second-order valence-corrected chi connectivity index (χ2v) is 6.49. The smallest absolute Gasteiger partial charge is 0.156 e. The lowest BCUT2D eigenvalue weighted by Crippen LogP contribution is -2.32. The average molecular weight is 283 g/mol. The monoisotopic (exact) mass is 283 g/mol. The summed E-state index contributed by atoms with van der Waals surface area (Å²) in [7, 11) is 1.75. The van der Waals surface area contributed by atoms with Gasteiger partial charge in [-0.1, -0.05) is 0 Å². The fourth-order valence-electron chi connectivity index (χ4n) is 4.61. The van der Waals surface area contributed by atoms with Crippen molar-refractivity contribution in [3.63, 3.8) is 0 Å². The van der Waals surface area contributed by atoms with E-state index in [0.29, 0.717) is 0 Å². The van der Waals surface area contributed by atoms with Crippen molar-refractivity contribution in [2.24, 2.45) is 5.41 Å². The Balaban J connectivity index is 1.94. The Bertz CT molecular complexity index is 663. The molecule has 0 saturated heterocycles. The highest BCUT2D eigenvalue weighted by atomic mass is 16.5. The van der Waals surface area contributed by atoms with Gasteiger partial charge in [-0.15, -0.1) is 0 Å². The molecule has 3 heteroatoms. The molecule has 0 fully saturated rings. The third-order valence-electron chi connectivity index (χ3n) is 5.58. The molecule has 1 unspecified atom stereocenters. The highest BCUT2D eigenvalue weighted by molar-refractivity contribution is 5.95. The maximum atomic E-state index is 11.9. The van der Waals surface area contributed by atoms with Crippen LogP contribution in [0.2, 0.25) is 0 Å². The van der Waals surface area contributed by atoms with Crippen LogP contribution in [0, 0.1) is 5.41 Å². The lowest BCUT2D eigenvalue weighted by Gasteiger charge is -2.38. The predicted octanol–water partition coefficient (Wildman–Crippen LogP) is 3.16. The summed E-state index contributed by atoms with van der Waals surface area (Å²) in [4.78, 5) is 11.9. The van der Waals surface area contributed by atoms with Crippen molar-refractivity contribution in [1.29, 1.82) is 0 Å². The predicted molar refractivity (Wildman–Crippen MR) is 81.4 cm³/mol. The molecule has 0 amide bonds. The van der Waals surface area contributed by atoms with E-state index in [9.17, 15) is 4.79 Å². The molecule has 0 aromatic carbocycles. The molecule has 110 valence electrons. The minimum atomic E-state index is 0.101. The van der Waals surface area contributed by atoms with Gasteiger partial charge in [-0.25, -0.2) is 0 Å². The van der Waals surface area contributed by atoms with E-state index >= 15 is 0 Å². The first-order valence-electron chi connectivity index (χ1n) is 7.84. The summed E-state index contributed by atoms with van der Waals surface area (Å²) >= 11 is 0. The van der Waals surface area contributed by atoms with E-state index in [-0.39, 0.29) is 11.2 Å². The molecule has 1 spiro atoms. The molecule has 3 nitrogen and oxygen atoms in total. The summed E-state index contributed by atoms with van der Waals surface area (Å²) in [6.45, 7) is 2.68. The van der Waals surface area contributed by atoms with Crippen molar-refractivity contribution >= 4 is 5.78 Å².